The number of halogens is 6. The second-order valence-electron chi connectivity index (χ2n) is 5.67. The van der Waals surface area contributed by atoms with Crippen LogP contribution in [0.25, 0.3) is 5.65 Å². The van der Waals surface area contributed by atoms with Crippen LogP contribution in [-0.2, 0) is 6.18 Å². The highest BCUT2D eigenvalue weighted by Crippen LogP contribution is 2.36. The molecule has 2 heterocycles. The van der Waals surface area contributed by atoms with Crippen molar-refractivity contribution in [2.75, 3.05) is 5.32 Å². The molecule has 0 bridgehead atoms. The molecule has 0 radical (unpaired) electrons. The molecule has 14 heteroatoms. The molecule has 0 saturated heterocycles. The average Bonchev–Trinajstić information content (AvgIpc) is 2.93. The largest absolute Gasteiger partial charge is 0.433 e. The van der Waals surface area contributed by atoms with Gasteiger partial charge in [-0.15, -0.1) is 0 Å². The van der Waals surface area contributed by atoms with Gasteiger partial charge in [-0.3, -0.25) is 14.9 Å². The fraction of sp³-hybridized carbons (Fsp3) is 0.133. The minimum atomic E-state index is -4.71. The van der Waals surface area contributed by atoms with Crippen LogP contribution in [0.1, 0.15) is 21.9 Å². The van der Waals surface area contributed by atoms with Gasteiger partial charge in [-0.2, -0.15) is 18.3 Å². The molecule has 2 aromatic heterocycles. The zero-order valence-electron chi connectivity index (χ0n) is 14.0. The third-order valence-electron chi connectivity index (χ3n) is 3.64. The molecule has 29 heavy (non-hydrogen) atoms. The Morgan fingerprint density at radius 2 is 1.79 bits per heavy atom. The first-order chi connectivity index (χ1) is 13.4. The fourth-order valence-electron chi connectivity index (χ4n) is 2.42. The molecule has 1 N–H and O–H groups in total. The van der Waals surface area contributed by atoms with E-state index in [1.165, 1.54) is 19.1 Å². The zero-order chi connectivity index (χ0) is 21.7. The van der Waals surface area contributed by atoms with Gasteiger partial charge in [0, 0.05) is 26.8 Å². The molecule has 3 rings (SSSR count). The predicted octanol–water partition coefficient (Wildman–Crippen LogP) is 5.50. The van der Waals surface area contributed by atoms with Crippen LogP contribution in [-0.4, -0.2) is 25.4 Å². The van der Waals surface area contributed by atoms with Crippen molar-refractivity contribution < 1.29 is 22.9 Å². The standard InChI is InChI=1S/C15H7Br3F3N5O3/c1-5-2-9(15(19,20)21)25-13(22-5)10(18)12(24-25)14(27)23-11-7(16)3-6(26(28)29)4-8(11)17/h2-4H,1H3,(H,23,27). The van der Waals surface area contributed by atoms with E-state index in [2.05, 4.69) is 63.2 Å². The quantitative estimate of drug-likeness (QED) is 0.315. The first-order valence-electron chi connectivity index (χ1n) is 7.48. The van der Waals surface area contributed by atoms with E-state index in [4.69, 9.17) is 0 Å². The highest BCUT2D eigenvalue weighted by atomic mass is 79.9. The van der Waals surface area contributed by atoms with Crippen molar-refractivity contribution >= 4 is 70.7 Å². The van der Waals surface area contributed by atoms with Gasteiger partial charge >= 0.3 is 6.18 Å². The molecule has 1 aromatic carbocycles. The Kier molecular flexibility index (Phi) is 5.71. The summed E-state index contributed by atoms with van der Waals surface area (Å²) >= 11 is 9.32. The number of hydrogen-bond acceptors (Lipinski definition) is 5. The number of hydrogen-bond donors (Lipinski definition) is 1. The van der Waals surface area contributed by atoms with Gasteiger partial charge in [0.05, 0.1) is 15.1 Å². The molecule has 0 saturated carbocycles. The summed E-state index contributed by atoms with van der Waals surface area (Å²) < 4.78 is 40.9. The highest BCUT2D eigenvalue weighted by molar-refractivity contribution is 9.11. The molecule has 0 aliphatic heterocycles. The summed E-state index contributed by atoms with van der Waals surface area (Å²) in [6.45, 7) is 1.39. The Balaban J connectivity index is 2.07. The maximum absolute atomic E-state index is 13.3. The van der Waals surface area contributed by atoms with Crippen molar-refractivity contribution in [3.05, 3.63) is 58.8 Å². The number of carbonyl (C=O) groups is 1. The molecular formula is C15H7Br3F3N5O3. The van der Waals surface area contributed by atoms with Crippen molar-refractivity contribution in [1.29, 1.82) is 0 Å². The minimum absolute atomic E-state index is 0.0293. The van der Waals surface area contributed by atoms with Gasteiger partial charge in [0.15, 0.2) is 11.3 Å². The van der Waals surface area contributed by atoms with Crippen molar-refractivity contribution in [3.8, 4) is 0 Å². The van der Waals surface area contributed by atoms with Gasteiger partial charge in [0.1, 0.15) is 5.69 Å². The number of nitro groups is 1. The number of anilines is 1. The number of nitro benzene ring substituents is 1. The molecule has 0 unspecified atom stereocenters. The molecule has 0 fully saturated rings. The lowest BCUT2D eigenvalue weighted by atomic mass is 10.2. The number of aryl methyl sites for hydroxylation is 1. The monoisotopic (exact) mass is 599 g/mol. The van der Waals surface area contributed by atoms with Crippen molar-refractivity contribution in [3.63, 3.8) is 0 Å². The number of amides is 1. The SMILES string of the molecule is Cc1cc(C(F)(F)F)n2nc(C(=O)Nc3c(Br)cc([N+](=O)[O-])cc3Br)c(Br)c2n1. The van der Waals surface area contributed by atoms with Crippen LogP contribution in [0, 0.1) is 17.0 Å². The second-order valence-corrected chi connectivity index (χ2v) is 8.18. The van der Waals surface area contributed by atoms with Gasteiger partial charge in [-0.1, -0.05) is 0 Å². The number of carbonyl (C=O) groups excluding carboxylic acids is 1. The van der Waals surface area contributed by atoms with E-state index >= 15 is 0 Å². The van der Waals surface area contributed by atoms with Gasteiger partial charge in [0.25, 0.3) is 11.6 Å². The van der Waals surface area contributed by atoms with E-state index in [9.17, 15) is 28.1 Å². The highest BCUT2D eigenvalue weighted by Gasteiger charge is 2.36. The number of rotatable bonds is 3. The van der Waals surface area contributed by atoms with Crippen molar-refractivity contribution in [2.24, 2.45) is 0 Å². The van der Waals surface area contributed by atoms with Crippen LogP contribution in [0.3, 0.4) is 0 Å². The van der Waals surface area contributed by atoms with Crippen LogP contribution in [0.2, 0.25) is 0 Å². The molecule has 1 amide bonds. The fourth-order valence-corrected chi connectivity index (χ4v) is 4.29. The van der Waals surface area contributed by atoms with Crippen LogP contribution < -0.4 is 5.32 Å². The number of non-ortho nitro benzene ring substituents is 1. The number of nitrogens with zero attached hydrogens (tertiary/aromatic N) is 4. The van der Waals surface area contributed by atoms with E-state index in [1.54, 1.807) is 0 Å². The summed E-state index contributed by atoms with van der Waals surface area (Å²) in [7, 11) is 0. The Labute approximate surface area is 185 Å². The van der Waals surface area contributed by atoms with Gasteiger partial charge in [0.2, 0.25) is 0 Å². The lowest BCUT2D eigenvalue weighted by Crippen LogP contribution is -2.16. The molecular weight excluding hydrogens is 595 g/mol. The Morgan fingerprint density at radius 3 is 2.31 bits per heavy atom. The summed E-state index contributed by atoms with van der Waals surface area (Å²) in [6, 6.07) is 3.16. The number of benzene rings is 1. The van der Waals surface area contributed by atoms with Crippen molar-refractivity contribution in [1.82, 2.24) is 14.6 Å². The van der Waals surface area contributed by atoms with E-state index in [0.29, 0.717) is 4.52 Å². The number of aromatic nitrogens is 3. The molecule has 0 spiro atoms. The van der Waals surface area contributed by atoms with Gasteiger partial charge < -0.3 is 5.32 Å². The molecule has 0 aliphatic carbocycles. The lowest BCUT2D eigenvalue weighted by molar-refractivity contribution is -0.385. The molecule has 152 valence electrons. The first kappa shape index (κ1) is 21.6. The zero-order valence-corrected chi connectivity index (χ0v) is 18.8. The van der Waals surface area contributed by atoms with Crippen LogP contribution in [0.5, 0.6) is 0 Å². The molecule has 0 atom stereocenters. The lowest BCUT2D eigenvalue weighted by Gasteiger charge is -2.09. The van der Waals surface area contributed by atoms with Crippen LogP contribution in [0.4, 0.5) is 24.5 Å². The third kappa shape index (κ3) is 4.14. The average molecular weight is 602 g/mol. The molecule has 3 aromatic rings. The number of alkyl halides is 3. The van der Waals surface area contributed by atoms with E-state index < -0.39 is 22.7 Å². The maximum Gasteiger partial charge on any atom is 0.433 e. The minimum Gasteiger partial charge on any atom is -0.319 e. The summed E-state index contributed by atoms with van der Waals surface area (Å²) in [6.07, 6.45) is -4.71. The van der Waals surface area contributed by atoms with E-state index in [-0.39, 0.29) is 41.8 Å². The third-order valence-corrected chi connectivity index (χ3v) is 5.62. The second kappa shape index (κ2) is 7.65. The van der Waals surface area contributed by atoms with Gasteiger partial charge in [-0.05, 0) is 60.8 Å². The number of fused-ring (bicyclic) bond motifs is 1. The topological polar surface area (TPSA) is 102 Å². The van der Waals surface area contributed by atoms with E-state index in [0.717, 1.165) is 6.07 Å². The predicted molar refractivity (Wildman–Crippen MR) is 107 cm³/mol. The van der Waals surface area contributed by atoms with E-state index in [1.807, 2.05) is 0 Å². The maximum atomic E-state index is 13.3. The molecule has 0 aliphatic rings. The summed E-state index contributed by atoms with van der Waals surface area (Å²) in [5.74, 6) is -0.844. The Hall–Kier alpha value is -2.06. The number of nitrogens with one attached hydrogen (secondary N) is 1. The van der Waals surface area contributed by atoms with Crippen LogP contribution in [0.15, 0.2) is 31.6 Å². The molecule has 8 nitrogen and oxygen atoms in total. The van der Waals surface area contributed by atoms with Crippen molar-refractivity contribution in [2.45, 2.75) is 13.1 Å². The Bertz CT molecular complexity index is 1160. The Morgan fingerprint density at radius 1 is 1.21 bits per heavy atom. The van der Waals surface area contributed by atoms with Gasteiger partial charge in [-0.25, -0.2) is 9.50 Å². The smallest absolute Gasteiger partial charge is 0.319 e. The normalized spacial score (nSPS) is 11.7. The van der Waals surface area contributed by atoms with Crippen LogP contribution >= 0.6 is 47.8 Å². The summed E-state index contributed by atoms with van der Waals surface area (Å²) in [4.78, 5) is 27.0. The summed E-state index contributed by atoms with van der Waals surface area (Å²) in [5.41, 5.74) is -1.60. The summed E-state index contributed by atoms with van der Waals surface area (Å²) in [5, 5.41) is 17.1. The first-order valence-corrected chi connectivity index (χ1v) is 9.86.